The molecule has 0 radical (unpaired) electrons. The topological polar surface area (TPSA) is 95.1 Å². The van der Waals surface area contributed by atoms with Crippen LogP contribution in [0.3, 0.4) is 0 Å². The van der Waals surface area contributed by atoms with E-state index in [1.807, 2.05) is 0 Å². The van der Waals surface area contributed by atoms with Crippen molar-refractivity contribution in [2.45, 2.75) is 12.5 Å². The maximum absolute atomic E-state index is 10.9. The fraction of sp³-hybridized carbons (Fsp3) is 0.222. The molecule has 7 heteroatoms. The predicted molar refractivity (Wildman–Crippen MR) is 59.3 cm³/mol. The van der Waals surface area contributed by atoms with Crippen LogP contribution in [0, 0.1) is 0 Å². The number of halogens is 1. The third kappa shape index (κ3) is 4.14. The number of hydrogen-bond donors (Lipinski definition) is 3. The van der Waals surface area contributed by atoms with E-state index >= 15 is 0 Å². The summed E-state index contributed by atoms with van der Waals surface area (Å²) in [5.74, 6) is -1.61. The summed E-state index contributed by atoms with van der Waals surface area (Å²) in [5, 5.41) is 11.1. The highest BCUT2D eigenvalue weighted by molar-refractivity contribution is 5.90. The van der Waals surface area contributed by atoms with E-state index in [0.29, 0.717) is 5.69 Å². The van der Waals surface area contributed by atoms with Crippen LogP contribution in [0.4, 0.5) is 0 Å². The quantitative estimate of drug-likeness (QED) is 0.643. The average molecular weight is 246 g/mol. The summed E-state index contributed by atoms with van der Waals surface area (Å²) in [7, 11) is 0. The number of aromatic nitrogens is 2. The van der Waals surface area contributed by atoms with Crippen molar-refractivity contribution in [3.63, 3.8) is 0 Å². The minimum atomic E-state index is -1.10. The van der Waals surface area contributed by atoms with Gasteiger partial charge in [0.15, 0.2) is 0 Å². The molecule has 0 spiro atoms. The molecular formula is C9H12ClN3O3. The number of aromatic amines is 1. The van der Waals surface area contributed by atoms with Gasteiger partial charge in [0.1, 0.15) is 6.04 Å². The van der Waals surface area contributed by atoms with E-state index in [1.165, 1.54) is 12.5 Å². The molecule has 0 aliphatic rings. The first kappa shape index (κ1) is 14.2. The fourth-order valence-corrected chi connectivity index (χ4v) is 1.05. The van der Waals surface area contributed by atoms with Crippen molar-refractivity contribution in [3.8, 4) is 0 Å². The second kappa shape index (κ2) is 6.62. The van der Waals surface area contributed by atoms with Crippen LogP contribution >= 0.6 is 12.4 Å². The Hall–Kier alpha value is -1.82. The number of aliphatic carboxylic acids is 1. The molecule has 0 aliphatic carbocycles. The monoisotopic (exact) mass is 245 g/mol. The number of carbonyl (C=O) groups is 2. The number of carbonyl (C=O) groups excluding carboxylic acids is 1. The van der Waals surface area contributed by atoms with Gasteiger partial charge in [-0.05, 0) is 6.08 Å². The highest BCUT2D eigenvalue weighted by Gasteiger charge is 2.19. The minimum Gasteiger partial charge on any atom is -0.480 e. The first-order chi connectivity index (χ1) is 7.13. The van der Waals surface area contributed by atoms with E-state index in [-0.39, 0.29) is 18.8 Å². The van der Waals surface area contributed by atoms with Gasteiger partial charge in [0.2, 0.25) is 5.91 Å². The summed E-state index contributed by atoms with van der Waals surface area (Å²) < 4.78 is 0. The Morgan fingerprint density at radius 2 is 2.38 bits per heavy atom. The van der Waals surface area contributed by atoms with Gasteiger partial charge >= 0.3 is 5.97 Å². The molecular weight excluding hydrogens is 234 g/mol. The lowest BCUT2D eigenvalue weighted by molar-refractivity contribution is -0.141. The smallest absolute Gasteiger partial charge is 0.326 e. The Balaban J connectivity index is 0.00000225. The summed E-state index contributed by atoms with van der Waals surface area (Å²) in [6.07, 6.45) is 4.15. The SMILES string of the molecule is C=CC(=O)NC(Cc1cnc[nH]1)C(=O)O.Cl. The molecule has 3 N–H and O–H groups in total. The van der Waals surface area contributed by atoms with E-state index in [0.717, 1.165) is 6.08 Å². The van der Waals surface area contributed by atoms with Crippen molar-refractivity contribution in [2.24, 2.45) is 0 Å². The number of nitrogens with one attached hydrogen (secondary N) is 2. The molecule has 16 heavy (non-hydrogen) atoms. The van der Waals surface area contributed by atoms with E-state index < -0.39 is 17.9 Å². The summed E-state index contributed by atoms with van der Waals surface area (Å²) >= 11 is 0. The minimum absolute atomic E-state index is 0. The maximum atomic E-state index is 10.9. The molecule has 0 saturated carbocycles. The Morgan fingerprint density at radius 1 is 1.69 bits per heavy atom. The standard InChI is InChI=1S/C9H11N3O3.ClH/c1-2-8(13)12-7(9(14)15)3-6-4-10-5-11-6;/h2,4-5,7H,1,3H2,(H,10,11)(H,12,13)(H,14,15);1H. The van der Waals surface area contributed by atoms with Gasteiger partial charge < -0.3 is 15.4 Å². The van der Waals surface area contributed by atoms with Crippen LogP contribution in [0.2, 0.25) is 0 Å². The van der Waals surface area contributed by atoms with Crippen LogP contribution in [-0.4, -0.2) is 33.0 Å². The zero-order valence-corrected chi connectivity index (χ0v) is 9.16. The number of carboxylic acid groups (broad SMARTS) is 1. The van der Waals surface area contributed by atoms with Crippen LogP contribution in [0.1, 0.15) is 5.69 Å². The number of imidazole rings is 1. The van der Waals surface area contributed by atoms with E-state index in [9.17, 15) is 9.59 Å². The largest absolute Gasteiger partial charge is 0.480 e. The lowest BCUT2D eigenvalue weighted by atomic mass is 10.1. The second-order valence-corrected chi connectivity index (χ2v) is 2.88. The molecule has 1 rings (SSSR count). The van der Waals surface area contributed by atoms with E-state index in [1.54, 1.807) is 0 Å². The summed E-state index contributed by atoms with van der Waals surface area (Å²) in [6, 6.07) is -0.976. The number of hydrogen-bond acceptors (Lipinski definition) is 3. The lowest BCUT2D eigenvalue weighted by Crippen LogP contribution is -2.41. The van der Waals surface area contributed by atoms with Crippen LogP contribution < -0.4 is 5.32 Å². The zero-order chi connectivity index (χ0) is 11.3. The average Bonchev–Trinajstić information content (AvgIpc) is 2.69. The third-order valence-corrected chi connectivity index (χ3v) is 1.78. The van der Waals surface area contributed by atoms with Gasteiger partial charge in [0, 0.05) is 18.3 Å². The van der Waals surface area contributed by atoms with Gasteiger partial charge in [0.25, 0.3) is 0 Å². The normalized spacial score (nSPS) is 11.0. The van der Waals surface area contributed by atoms with Crippen molar-refractivity contribution in [1.82, 2.24) is 15.3 Å². The Morgan fingerprint density at radius 3 is 2.81 bits per heavy atom. The van der Waals surface area contributed by atoms with Gasteiger partial charge in [-0.2, -0.15) is 0 Å². The summed E-state index contributed by atoms with van der Waals surface area (Å²) in [4.78, 5) is 28.2. The molecule has 0 aliphatic heterocycles. The third-order valence-electron chi connectivity index (χ3n) is 1.78. The van der Waals surface area contributed by atoms with Crippen LogP contribution in [0.15, 0.2) is 25.2 Å². The van der Waals surface area contributed by atoms with Crippen molar-refractivity contribution >= 4 is 24.3 Å². The fourth-order valence-electron chi connectivity index (χ4n) is 1.05. The number of rotatable bonds is 5. The Bertz CT molecular complexity index is 364. The summed E-state index contributed by atoms with van der Waals surface area (Å²) in [5.41, 5.74) is 0.645. The molecule has 0 saturated heterocycles. The first-order valence-corrected chi connectivity index (χ1v) is 4.26. The molecule has 1 heterocycles. The molecule has 88 valence electrons. The predicted octanol–water partition coefficient (Wildman–Crippen LogP) is 0.129. The molecule has 0 aromatic carbocycles. The van der Waals surface area contributed by atoms with Gasteiger partial charge in [-0.25, -0.2) is 9.78 Å². The number of amides is 1. The second-order valence-electron chi connectivity index (χ2n) is 2.88. The molecule has 1 amide bonds. The van der Waals surface area contributed by atoms with Gasteiger partial charge in [-0.15, -0.1) is 12.4 Å². The van der Waals surface area contributed by atoms with Crippen LogP contribution in [0.5, 0.6) is 0 Å². The highest BCUT2D eigenvalue weighted by Crippen LogP contribution is 1.98. The molecule has 0 bridgehead atoms. The van der Waals surface area contributed by atoms with E-state index in [4.69, 9.17) is 5.11 Å². The number of carboxylic acids is 1. The number of H-pyrrole nitrogens is 1. The van der Waals surface area contributed by atoms with Crippen molar-refractivity contribution in [1.29, 1.82) is 0 Å². The van der Waals surface area contributed by atoms with Gasteiger partial charge in [-0.3, -0.25) is 4.79 Å². The number of nitrogens with zero attached hydrogens (tertiary/aromatic N) is 1. The maximum Gasteiger partial charge on any atom is 0.326 e. The molecule has 6 nitrogen and oxygen atoms in total. The summed E-state index contributed by atoms with van der Waals surface area (Å²) in [6.45, 7) is 3.24. The first-order valence-electron chi connectivity index (χ1n) is 4.26. The zero-order valence-electron chi connectivity index (χ0n) is 8.34. The van der Waals surface area contributed by atoms with Crippen molar-refractivity contribution in [3.05, 3.63) is 30.9 Å². The van der Waals surface area contributed by atoms with E-state index in [2.05, 4.69) is 21.9 Å². The molecule has 0 fully saturated rings. The molecule has 1 aromatic rings. The Labute approximate surface area is 98.2 Å². The molecule has 1 atom stereocenters. The van der Waals surface area contributed by atoms with Gasteiger partial charge in [-0.1, -0.05) is 6.58 Å². The Kier molecular flexibility index (Phi) is 5.87. The molecule has 1 aromatic heterocycles. The lowest BCUT2D eigenvalue weighted by Gasteiger charge is -2.11. The van der Waals surface area contributed by atoms with Crippen LogP contribution in [0.25, 0.3) is 0 Å². The van der Waals surface area contributed by atoms with Crippen molar-refractivity contribution < 1.29 is 14.7 Å². The highest BCUT2D eigenvalue weighted by atomic mass is 35.5. The van der Waals surface area contributed by atoms with Gasteiger partial charge in [0.05, 0.1) is 6.33 Å². The van der Waals surface area contributed by atoms with Crippen molar-refractivity contribution in [2.75, 3.05) is 0 Å². The molecule has 1 unspecified atom stereocenters. The van der Waals surface area contributed by atoms with Crippen LogP contribution in [-0.2, 0) is 16.0 Å².